The van der Waals surface area contributed by atoms with Crippen molar-refractivity contribution in [3.63, 3.8) is 0 Å². The number of halogens is 1. The fourth-order valence-corrected chi connectivity index (χ4v) is 1.22. The van der Waals surface area contributed by atoms with Gasteiger partial charge in [0.15, 0.2) is 0 Å². The van der Waals surface area contributed by atoms with E-state index in [1.165, 1.54) is 12.3 Å². The van der Waals surface area contributed by atoms with Crippen LogP contribution in [0.2, 0.25) is 0 Å². The maximum atomic E-state index is 12.5. The van der Waals surface area contributed by atoms with Crippen LogP contribution in [-0.2, 0) is 6.42 Å². The molecule has 15 heavy (non-hydrogen) atoms. The second-order valence-electron chi connectivity index (χ2n) is 3.07. The van der Waals surface area contributed by atoms with Gasteiger partial charge in [0, 0.05) is 25.4 Å². The normalized spacial score (nSPS) is 10.2. The van der Waals surface area contributed by atoms with Crippen molar-refractivity contribution in [3.05, 3.63) is 42.4 Å². The number of aromatic nitrogens is 3. The molecule has 2 aromatic heterocycles. The van der Waals surface area contributed by atoms with Gasteiger partial charge in [-0.1, -0.05) is 0 Å². The number of anilines is 1. The maximum Gasteiger partial charge on any atom is 0.141 e. The van der Waals surface area contributed by atoms with Crippen molar-refractivity contribution in [1.29, 1.82) is 0 Å². The van der Waals surface area contributed by atoms with Crippen molar-refractivity contribution in [2.24, 2.45) is 0 Å². The third kappa shape index (κ3) is 2.77. The van der Waals surface area contributed by atoms with Crippen LogP contribution in [0.25, 0.3) is 0 Å². The van der Waals surface area contributed by atoms with Gasteiger partial charge in [0.25, 0.3) is 0 Å². The van der Waals surface area contributed by atoms with Crippen molar-refractivity contribution in [2.45, 2.75) is 6.42 Å². The Bertz CT molecular complexity index is 396. The van der Waals surface area contributed by atoms with Gasteiger partial charge in [-0.3, -0.25) is 0 Å². The quantitative estimate of drug-likeness (QED) is 0.798. The lowest BCUT2D eigenvalue weighted by molar-refractivity contribution is 0.621. The summed E-state index contributed by atoms with van der Waals surface area (Å²) < 4.78 is 12.5. The van der Waals surface area contributed by atoms with Gasteiger partial charge < -0.3 is 10.3 Å². The summed E-state index contributed by atoms with van der Waals surface area (Å²) in [7, 11) is 0. The van der Waals surface area contributed by atoms with Crippen LogP contribution in [0.1, 0.15) is 5.82 Å². The highest BCUT2D eigenvalue weighted by molar-refractivity contribution is 5.33. The maximum absolute atomic E-state index is 12.5. The van der Waals surface area contributed by atoms with E-state index in [0.717, 1.165) is 12.2 Å². The number of nitrogens with zero attached hydrogens (tertiary/aromatic N) is 2. The minimum atomic E-state index is -0.327. The van der Waals surface area contributed by atoms with E-state index >= 15 is 0 Å². The lowest BCUT2D eigenvalue weighted by Crippen LogP contribution is -2.07. The third-order valence-corrected chi connectivity index (χ3v) is 1.95. The Morgan fingerprint density at radius 3 is 2.93 bits per heavy atom. The number of rotatable bonds is 4. The number of hydrogen-bond acceptors (Lipinski definition) is 3. The van der Waals surface area contributed by atoms with Crippen molar-refractivity contribution in [3.8, 4) is 0 Å². The third-order valence-electron chi connectivity index (χ3n) is 1.95. The zero-order chi connectivity index (χ0) is 10.5. The Morgan fingerprint density at radius 2 is 2.27 bits per heavy atom. The van der Waals surface area contributed by atoms with Gasteiger partial charge in [0.1, 0.15) is 17.5 Å². The lowest BCUT2D eigenvalue weighted by Gasteiger charge is -2.03. The predicted molar refractivity (Wildman–Crippen MR) is 55.0 cm³/mol. The number of H-pyrrole nitrogens is 1. The number of nitrogens with one attached hydrogen (secondary N) is 2. The van der Waals surface area contributed by atoms with Crippen LogP contribution in [0.3, 0.4) is 0 Å². The summed E-state index contributed by atoms with van der Waals surface area (Å²) in [5, 5.41) is 3.07. The predicted octanol–water partition coefficient (Wildman–Crippen LogP) is 1.60. The van der Waals surface area contributed by atoms with Crippen LogP contribution in [0.4, 0.5) is 10.2 Å². The van der Waals surface area contributed by atoms with E-state index in [1.54, 1.807) is 18.5 Å². The Kier molecular flexibility index (Phi) is 2.92. The fraction of sp³-hybridized carbons (Fsp3) is 0.200. The van der Waals surface area contributed by atoms with Gasteiger partial charge in [-0.25, -0.2) is 14.4 Å². The minimum Gasteiger partial charge on any atom is -0.370 e. The molecule has 0 bridgehead atoms. The Labute approximate surface area is 86.6 Å². The first-order valence-electron chi connectivity index (χ1n) is 4.68. The first kappa shape index (κ1) is 9.64. The smallest absolute Gasteiger partial charge is 0.141 e. The highest BCUT2D eigenvalue weighted by atomic mass is 19.1. The minimum absolute atomic E-state index is 0.327. The van der Waals surface area contributed by atoms with Crippen molar-refractivity contribution < 1.29 is 4.39 Å². The van der Waals surface area contributed by atoms with Crippen LogP contribution in [-0.4, -0.2) is 21.5 Å². The molecule has 0 fully saturated rings. The second-order valence-corrected chi connectivity index (χ2v) is 3.07. The van der Waals surface area contributed by atoms with E-state index in [2.05, 4.69) is 20.3 Å². The molecule has 2 heterocycles. The Morgan fingerprint density at radius 1 is 1.33 bits per heavy atom. The summed E-state index contributed by atoms with van der Waals surface area (Å²) in [5.41, 5.74) is 0. The van der Waals surface area contributed by atoms with E-state index in [9.17, 15) is 4.39 Å². The number of pyridine rings is 1. The summed E-state index contributed by atoms with van der Waals surface area (Å²) >= 11 is 0. The average Bonchev–Trinajstić information content (AvgIpc) is 2.74. The van der Waals surface area contributed by atoms with Crippen molar-refractivity contribution in [2.75, 3.05) is 11.9 Å². The Hall–Kier alpha value is -1.91. The van der Waals surface area contributed by atoms with Gasteiger partial charge in [-0.15, -0.1) is 0 Å². The summed E-state index contributed by atoms with van der Waals surface area (Å²) in [6, 6.07) is 2.99. The SMILES string of the molecule is Fc1ccc(NCCc2ncc[nH]2)nc1. The zero-order valence-electron chi connectivity index (χ0n) is 8.07. The number of aromatic amines is 1. The topological polar surface area (TPSA) is 53.6 Å². The van der Waals surface area contributed by atoms with Crippen molar-refractivity contribution in [1.82, 2.24) is 15.0 Å². The molecule has 2 rings (SSSR count). The van der Waals surface area contributed by atoms with E-state index < -0.39 is 0 Å². The Balaban J connectivity index is 1.81. The molecule has 0 spiro atoms. The molecular formula is C10H11FN4. The molecule has 2 aromatic rings. The highest BCUT2D eigenvalue weighted by Gasteiger charge is 1.96. The average molecular weight is 206 g/mol. The molecule has 0 aliphatic rings. The molecular weight excluding hydrogens is 195 g/mol. The molecule has 0 aliphatic carbocycles. The van der Waals surface area contributed by atoms with Gasteiger partial charge in [-0.05, 0) is 12.1 Å². The molecule has 78 valence electrons. The molecule has 0 unspecified atom stereocenters. The standard InChI is InChI=1S/C10H11FN4/c11-8-1-2-9(15-7-8)12-4-3-10-13-5-6-14-10/h1-2,5-7H,3-4H2,(H,12,15)(H,13,14). The van der Waals surface area contributed by atoms with Gasteiger partial charge in [0.05, 0.1) is 6.20 Å². The van der Waals surface area contributed by atoms with Crippen LogP contribution >= 0.6 is 0 Å². The van der Waals surface area contributed by atoms with Crippen LogP contribution in [0, 0.1) is 5.82 Å². The van der Waals surface area contributed by atoms with Crippen LogP contribution < -0.4 is 5.32 Å². The summed E-state index contributed by atoms with van der Waals surface area (Å²) in [4.78, 5) is 11.0. The molecule has 0 saturated heterocycles. The van der Waals surface area contributed by atoms with Gasteiger partial charge in [0.2, 0.25) is 0 Å². The largest absolute Gasteiger partial charge is 0.370 e. The monoisotopic (exact) mass is 206 g/mol. The summed E-state index contributed by atoms with van der Waals surface area (Å²) in [6.45, 7) is 0.714. The number of imidazole rings is 1. The van der Waals surface area contributed by atoms with E-state index in [4.69, 9.17) is 0 Å². The molecule has 4 nitrogen and oxygen atoms in total. The molecule has 2 N–H and O–H groups in total. The molecule has 5 heteroatoms. The van der Waals surface area contributed by atoms with E-state index in [1.807, 2.05) is 0 Å². The first-order valence-corrected chi connectivity index (χ1v) is 4.68. The van der Waals surface area contributed by atoms with Crippen LogP contribution in [0.5, 0.6) is 0 Å². The molecule has 0 atom stereocenters. The fourth-order valence-electron chi connectivity index (χ4n) is 1.22. The molecule has 0 aliphatic heterocycles. The summed E-state index contributed by atoms with van der Waals surface area (Å²) in [6.07, 6.45) is 5.47. The molecule has 0 radical (unpaired) electrons. The highest BCUT2D eigenvalue weighted by Crippen LogP contribution is 2.03. The number of hydrogen-bond donors (Lipinski definition) is 2. The molecule has 0 amide bonds. The van der Waals surface area contributed by atoms with E-state index in [-0.39, 0.29) is 5.82 Å². The van der Waals surface area contributed by atoms with Crippen molar-refractivity contribution >= 4 is 5.82 Å². The molecule has 0 aromatic carbocycles. The van der Waals surface area contributed by atoms with Gasteiger partial charge >= 0.3 is 0 Å². The van der Waals surface area contributed by atoms with Crippen LogP contribution in [0.15, 0.2) is 30.7 Å². The summed E-state index contributed by atoms with van der Waals surface area (Å²) in [5.74, 6) is 1.26. The molecule has 0 saturated carbocycles. The second kappa shape index (κ2) is 4.54. The first-order chi connectivity index (χ1) is 7.34. The zero-order valence-corrected chi connectivity index (χ0v) is 8.07. The van der Waals surface area contributed by atoms with Gasteiger partial charge in [-0.2, -0.15) is 0 Å². The van der Waals surface area contributed by atoms with E-state index in [0.29, 0.717) is 12.4 Å². The lowest BCUT2D eigenvalue weighted by atomic mass is 10.4.